The summed E-state index contributed by atoms with van der Waals surface area (Å²) in [5.41, 5.74) is 7.61. The molecule has 6 heteroatoms. The lowest BCUT2D eigenvalue weighted by Crippen LogP contribution is -1.84. The molecule has 0 bridgehead atoms. The van der Waals surface area contributed by atoms with Crippen molar-refractivity contribution in [1.82, 2.24) is 0 Å². The summed E-state index contributed by atoms with van der Waals surface area (Å²) in [6.45, 7) is 0. The lowest BCUT2D eigenvalue weighted by molar-refractivity contribution is 0.506. The van der Waals surface area contributed by atoms with E-state index in [9.17, 15) is 8.78 Å². The average Bonchev–Trinajstić information content (AvgIpc) is 2.07. The maximum Gasteiger partial charge on any atom is 0.173 e. The van der Waals surface area contributed by atoms with Crippen LogP contribution in [-0.4, -0.2) is 0 Å². The van der Waals surface area contributed by atoms with E-state index in [-0.39, 0.29) is 10.2 Å². The van der Waals surface area contributed by atoms with Crippen LogP contribution in [0.4, 0.5) is 14.5 Å². The maximum absolute atomic E-state index is 12.8. The molecule has 0 aromatic heterocycles. The Bertz CT molecular complexity index is 360. The molecule has 3 nitrogen and oxygen atoms in total. The fourth-order valence-electron chi connectivity index (χ4n) is 0.641. The summed E-state index contributed by atoms with van der Waals surface area (Å²) < 4.78 is 25.5. The zero-order valence-electron chi connectivity index (χ0n) is 5.63. The highest BCUT2D eigenvalue weighted by Gasteiger charge is 2.09. The summed E-state index contributed by atoms with van der Waals surface area (Å²) in [6.07, 6.45) is 0. The Morgan fingerprint density at radius 1 is 1.33 bits per heavy atom. The highest BCUT2D eigenvalue weighted by molar-refractivity contribution is 9.10. The van der Waals surface area contributed by atoms with Gasteiger partial charge in [-0.3, -0.25) is 0 Å². The van der Waals surface area contributed by atoms with Gasteiger partial charge in [0.1, 0.15) is 0 Å². The molecule has 1 rings (SSSR count). The predicted molar refractivity (Wildman–Crippen MR) is 42.9 cm³/mol. The van der Waals surface area contributed by atoms with Crippen LogP contribution in [0.2, 0.25) is 0 Å². The molecule has 0 fully saturated rings. The minimum atomic E-state index is -1.15. The van der Waals surface area contributed by atoms with E-state index in [1.54, 1.807) is 0 Å². The molecule has 0 aliphatic heterocycles. The molecule has 0 atom stereocenters. The highest BCUT2D eigenvalue weighted by Crippen LogP contribution is 2.26. The van der Waals surface area contributed by atoms with E-state index in [1.807, 2.05) is 0 Å². The van der Waals surface area contributed by atoms with Crippen molar-refractivity contribution in [2.45, 2.75) is 0 Å². The van der Waals surface area contributed by atoms with E-state index in [4.69, 9.17) is 5.53 Å². The van der Waals surface area contributed by atoms with Gasteiger partial charge < -0.3 is 0 Å². The van der Waals surface area contributed by atoms with Crippen LogP contribution in [0.1, 0.15) is 0 Å². The van der Waals surface area contributed by atoms with Gasteiger partial charge in [0.25, 0.3) is 0 Å². The van der Waals surface area contributed by atoms with Crippen LogP contribution in [-0.2, 0) is 0 Å². The first-order valence-corrected chi connectivity index (χ1v) is 3.64. The Kier molecular flexibility index (Phi) is 2.62. The van der Waals surface area contributed by atoms with Crippen molar-refractivity contribution in [2.75, 3.05) is 0 Å². The molecule has 1 aromatic rings. The maximum atomic E-state index is 12.8. The zero-order valence-corrected chi connectivity index (χ0v) is 7.22. The summed E-state index contributed by atoms with van der Waals surface area (Å²) in [5, 5.41) is 2.95. The zero-order chi connectivity index (χ0) is 9.14. The fourth-order valence-corrected chi connectivity index (χ4v) is 0.947. The van der Waals surface area contributed by atoms with Crippen molar-refractivity contribution in [2.24, 2.45) is 5.11 Å². The topological polar surface area (TPSA) is 48.8 Å². The molecule has 0 spiro atoms. The molecule has 1 aromatic carbocycles. The SMILES string of the molecule is [N-]=[N+]=Nc1ccc(Br)c(F)c1F. The first kappa shape index (κ1) is 8.96. The van der Waals surface area contributed by atoms with E-state index < -0.39 is 11.6 Å². The lowest BCUT2D eigenvalue weighted by atomic mass is 10.3. The Morgan fingerprint density at radius 2 is 2.00 bits per heavy atom. The van der Waals surface area contributed by atoms with Gasteiger partial charge in [0.2, 0.25) is 0 Å². The third-order valence-electron chi connectivity index (χ3n) is 1.17. The van der Waals surface area contributed by atoms with Crippen LogP contribution in [0.5, 0.6) is 0 Å². The van der Waals surface area contributed by atoms with Gasteiger partial charge in [-0.2, -0.15) is 0 Å². The Labute approximate surface area is 74.8 Å². The Balaban J connectivity index is 3.35. The molecule has 0 N–H and O–H groups in total. The largest absolute Gasteiger partial charge is 0.203 e. The van der Waals surface area contributed by atoms with Gasteiger partial charge in [-0.1, -0.05) is 5.11 Å². The minimum Gasteiger partial charge on any atom is -0.203 e. The third kappa shape index (κ3) is 1.54. The number of benzene rings is 1. The molecular weight excluding hydrogens is 232 g/mol. The Hall–Kier alpha value is -1.13. The van der Waals surface area contributed by atoms with Crippen LogP contribution in [0.3, 0.4) is 0 Å². The molecule has 0 unspecified atom stereocenters. The molecule has 0 aliphatic rings. The molecular formula is C6H2BrF2N3. The lowest BCUT2D eigenvalue weighted by Gasteiger charge is -1.97. The number of nitrogens with zero attached hydrogens (tertiary/aromatic N) is 3. The number of hydrogen-bond donors (Lipinski definition) is 0. The summed E-state index contributed by atoms with van der Waals surface area (Å²) in [6, 6.07) is 2.45. The van der Waals surface area contributed by atoms with E-state index >= 15 is 0 Å². The summed E-state index contributed by atoms with van der Waals surface area (Å²) >= 11 is 2.78. The molecule has 0 radical (unpaired) electrons. The van der Waals surface area contributed by atoms with Gasteiger partial charge in [0.15, 0.2) is 11.6 Å². The quantitative estimate of drug-likeness (QED) is 0.308. The molecule has 0 saturated carbocycles. The van der Waals surface area contributed by atoms with Crippen LogP contribution in [0.15, 0.2) is 21.7 Å². The molecule has 0 aliphatic carbocycles. The second-order valence-electron chi connectivity index (χ2n) is 1.88. The first-order valence-electron chi connectivity index (χ1n) is 2.85. The number of azide groups is 1. The average molecular weight is 234 g/mol. The Morgan fingerprint density at radius 3 is 2.58 bits per heavy atom. The van der Waals surface area contributed by atoms with Crippen molar-refractivity contribution in [1.29, 1.82) is 0 Å². The number of rotatable bonds is 1. The van der Waals surface area contributed by atoms with Gasteiger partial charge in [-0.15, -0.1) is 0 Å². The molecule has 62 valence electrons. The van der Waals surface area contributed by atoms with Crippen LogP contribution in [0.25, 0.3) is 10.4 Å². The fraction of sp³-hybridized carbons (Fsp3) is 0. The predicted octanol–water partition coefficient (Wildman–Crippen LogP) is 3.67. The number of hydrogen-bond acceptors (Lipinski definition) is 1. The second kappa shape index (κ2) is 3.51. The van der Waals surface area contributed by atoms with Gasteiger partial charge in [0.05, 0.1) is 10.2 Å². The van der Waals surface area contributed by atoms with Crippen molar-refractivity contribution in [3.05, 3.63) is 38.7 Å². The van der Waals surface area contributed by atoms with Gasteiger partial charge in [-0.05, 0) is 33.6 Å². The monoisotopic (exact) mass is 233 g/mol. The van der Waals surface area contributed by atoms with Crippen LogP contribution in [0, 0.1) is 11.6 Å². The third-order valence-corrected chi connectivity index (χ3v) is 1.78. The van der Waals surface area contributed by atoms with Crippen molar-refractivity contribution in [3.63, 3.8) is 0 Å². The van der Waals surface area contributed by atoms with Crippen molar-refractivity contribution >= 4 is 21.6 Å². The minimum absolute atomic E-state index is 0.00288. The van der Waals surface area contributed by atoms with E-state index in [0.29, 0.717) is 0 Å². The highest BCUT2D eigenvalue weighted by atomic mass is 79.9. The standard InChI is InChI=1S/C6H2BrF2N3/c7-3-1-2-4(11-12-10)6(9)5(3)8/h1-2H. The first-order chi connectivity index (χ1) is 5.66. The molecule has 0 heterocycles. The van der Waals surface area contributed by atoms with Crippen molar-refractivity contribution < 1.29 is 8.78 Å². The van der Waals surface area contributed by atoms with E-state index in [0.717, 1.165) is 0 Å². The summed E-state index contributed by atoms with van der Waals surface area (Å²) in [4.78, 5) is 2.34. The molecule has 0 amide bonds. The molecule has 0 saturated heterocycles. The van der Waals surface area contributed by atoms with Crippen molar-refractivity contribution in [3.8, 4) is 0 Å². The summed E-state index contributed by atoms with van der Waals surface area (Å²) in [7, 11) is 0. The van der Waals surface area contributed by atoms with Crippen LogP contribution >= 0.6 is 15.9 Å². The molecule has 12 heavy (non-hydrogen) atoms. The van der Waals surface area contributed by atoms with E-state index in [2.05, 4.69) is 26.0 Å². The number of halogens is 3. The second-order valence-corrected chi connectivity index (χ2v) is 2.74. The normalized spacial score (nSPS) is 9.25. The van der Waals surface area contributed by atoms with Gasteiger partial charge in [-0.25, -0.2) is 8.78 Å². The van der Waals surface area contributed by atoms with E-state index in [1.165, 1.54) is 12.1 Å². The van der Waals surface area contributed by atoms with Gasteiger partial charge >= 0.3 is 0 Å². The summed E-state index contributed by atoms with van der Waals surface area (Å²) in [5.74, 6) is -2.21. The van der Waals surface area contributed by atoms with Crippen LogP contribution < -0.4 is 0 Å². The smallest absolute Gasteiger partial charge is 0.173 e. The van der Waals surface area contributed by atoms with Gasteiger partial charge in [0, 0.05) is 4.91 Å².